The fraction of sp³-hybridized carbons (Fsp3) is 0.333. The summed E-state index contributed by atoms with van der Waals surface area (Å²) in [6.45, 7) is 2.09. The Bertz CT molecular complexity index is 615. The molecular formula is C15H16ClN3O. The Morgan fingerprint density at radius 1 is 1.40 bits per heavy atom. The van der Waals surface area contributed by atoms with E-state index in [2.05, 4.69) is 17.0 Å². The zero-order valence-corrected chi connectivity index (χ0v) is 12.0. The molecule has 0 bridgehead atoms. The maximum atomic E-state index is 10.6. The van der Waals surface area contributed by atoms with Crippen LogP contribution in [0.4, 0.5) is 0 Å². The number of halogens is 1. The molecule has 1 aromatic carbocycles. The van der Waals surface area contributed by atoms with Crippen LogP contribution in [0.1, 0.15) is 25.3 Å². The first-order valence-corrected chi connectivity index (χ1v) is 6.96. The van der Waals surface area contributed by atoms with E-state index < -0.39 is 6.10 Å². The van der Waals surface area contributed by atoms with Gasteiger partial charge in [0.1, 0.15) is 18.8 Å². The van der Waals surface area contributed by atoms with Crippen LogP contribution in [0.25, 0.3) is 11.8 Å². The zero-order valence-electron chi connectivity index (χ0n) is 11.2. The minimum Gasteiger partial charge on any atom is -0.386 e. The molecule has 1 atom stereocenters. The minimum absolute atomic E-state index is 0.0514. The number of hydrogen-bond donors (Lipinski definition) is 1. The van der Waals surface area contributed by atoms with Crippen molar-refractivity contribution in [1.82, 2.24) is 14.8 Å². The van der Waals surface area contributed by atoms with E-state index in [-0.39, 0.29) is 5.41 Å². The molecule has 0 aliphatic heterocycles. The Hall–Kier alpha value is -1.65. The van der Waals surface area contributed by atoms with Gasteiger partial charge in [-0.1, -0.05) is 30.7 Å². The van der Waals surface area contributed by atoms with Crippen molar-refractivity contribution in [2.45, 2.75) is 25.9 Å². The number of rotatable bonds is 4. The van der Waals surface area contributed by atoms with E-state index in [9.17, 15) is 5.11 Å². The van der Waals surface area contributed by atoms with Crippen molar-refractivity contribution in [2.24, 2.45) is 5.41 Å². The third-order valence-corrected chi connectivity index (χ3v) is 4.10. The van der Waals surface area contributed by atoms with Crippen LogP contribution in [0.15, 0.2) is 36.9 Å². The average Bonchev–Trinajstić information content (AvgIpc) is 2.99. The first-order valence-electron chi connectivity index (χ1n) is 6.59. The molecule has 1 fully saturated rings. The Kier molecular flexibility index (Phi) is 3.36. The first kappa shape index (κ1) is 13.3. The molecule has 4 nitrogen and oxygen atoms in total. The number of aromatic nitrogens is 3. The summed E-state index contributed by atoms with van der Waals surface area (Å²) >= 11 is 5.90. The molecule has 0 spiro atoms. The standard InChI is InChI=1S/C15H16ClN3O/c1-15(6-7-15)14(20)13(19-10-17-9-18-19)8-11-2-4-12(16)5-3-11/h2-5,8-10,14,20H,6-7H2,1H3. The van der Waals surface area contributed by atoms with Gasteiger partial charge in [0.05, 0.1) is 5.70 Å². The van der Waals surface area contributed by atoms with E-state index in [4.69, 9.17) is 11.6 Å². The van der Waals surface area contributed by atoms with Crippen LogP contribution in [0, 0.1) is 5.41 Å². The summed E-state index contributed by atoms with van der Waals surface area (Å²) in [5, 5.41) is 15.5. The maximum Gasteiger partial charge on any atom is 0.138 e. The molecule has 1 aromatic heterocycles. The van der Waals surface area contributed by atoms with E-state index in [1.54, 1.807) is 11.0 Å². The van der Waals surface area contributed by atoms with Crippen LogP contribution in [0.5, 0.6) is 0 Å². The molecule has 1 unspecified atom stereocenters. The van der Waals surface area contributed by atoms with Crippen molar-refractivity contribution in [3.63, 3.8) is 0 Å². The van der Waals surface area contributed by atoms with Crippen LogP contribution >= 0.6 is 11.6 Å². The first-order chi connectivity index (χ1) is 9.58. The normalized spacial score (nSPS) is 18.9. The lowest BCUT2D eigenvalue weighted by molar-refractivity contribution is 0.152. The molecule has 0 saturated heterocycles. The molecule has 1 N–H and O–H groups in total. The van der Waals surface area contributed by atoms with Gasteiger partial charge in [0.2, 0.25) is 0 Å². The highest BCUT2D eigenvalue weighted by Crippen LogP contribution is 2.50. The van der Waals surface area contributed by atoms with Crippen molar-refractivity contribution < 1.29 is 5.11 Å². The average molecular weight is 290 g/mol. The largest absolute Gasteiger partial charge is 0.386 e. The molecule has 0 radical (unpaired) electrons. The number of aliphatic hydroxyl groups excluding tert-OH is 1. The van der Waals surface area contributed by atoms with Gasteiger partial charge in [-0.15, -0.1) is 0 Å². The third kappa shape index (κ3) is 2.62. The van der Waals surface area contributed by atoms with Gasteiger partial charge in [0.25, 0.3) is 0 Å². The highest BCUT2D eigenvalue weighted by Gasteiger charge is 2.46. The second-order valence-corrected chi connectivity index (χ2v) is 5.95. The van der Waals surface area contributed by atoms with E-state index in [1.807, 2.05) is 30.3 Å². The minimum atomic E-state index is -0.556. The molecular weight excluding hydrogens is 274 g/mol. The summed E-state index contributed by atoms with van der Waals surface area (Å²) in [7, 11) is 0. The molecule has 20 heavy (non-hydrogen) atoms. The van der Waals surface area contributed by atoms with Crippen molar-refractivity contribution in [3.05, 3.63) is 47.5 Å². The second kappa shape index (κ2) is 5.04. The fourth-order valence-corrected chi connectivity index (χ4v) is 2.30. The van der Waals surface area contributed by atoms with E-state index in [1.165, 1.54) is 6.33 Å². The molecule has 104 valence electrons. The summed E-state index contributed by atoms with van der Waals surface area (Å²) in [6.07, 6.45) is 6.51. The van der Waals surface area contributed by atoms with Crippen LogP contribution in [0.3, 0.4) is 0 Å². The number of hydrogen-bond acceptors (Lipinski definition) is 3. The van der Waals surface area contributed by atoms with Crippen LogP contribution in [-0.2, 0) is 0 Å². The Morgan fingerprint density at radius 3 is 2.65 bits per heavy atom. The Morgan fingerprint density at radius 2 is 2.10 bits per heavy atom. The summed E-state index contributed by atoms with van der Waals surface area (Å²) in [6, 6.07) is 7.50. The zero-order chi connectivity index (χ0) is 14.2. The lowest BCUT2D eigenvalue weighted by Crippen LogP contribution is -2.24. The van der Waals surface area contributed by atoms with Crippen LogP contribution < -0.4 is 0 Å². The number of nitrogens with zero attached hydrogens (tertiary/aromatic N) is 3. The van der Waals surface area contributed by atoms with Gasteiger partial charge < -0.3 is 5.11 Å². The Balaban J connectivity index is 1.99. The lowest BCUT2D eigenvalue weighted by Gasteiger charge is -2.21. The molecule has 1 heterocycles. The van der Waals surface area contributed by atoms with Gasteiger partial charge in [-0.3, -0.25) is 0 Å². The lowest BCUT2D eigenvalue weighted by atomic mass is 9.97. The highest BCUT2D eigenvalue weighted by atomic mass is 35.5. The smallest absolute Gasteiger partial charge is 0.138 e. The van der Waals surface area contributed by atoms with E-state index >= 15 is 0 Å². The highest BCUT2D eigenvalue weighted by molar-refractivity contribution is 6.30. The molecule has 1 aliphatic rings. The predicted octanol–water partition coefficient (Wildman–Crippen LogP) is 3.09. The monoisotopic (exact) mass is 289 g/mol. The van der Waals surface area contributed by atoms with E-state index in [0.29, 0.717) is 5.02 Å². The van der Waals surface area contributed by atoms with Crippen LogP contribution in [0.2, 0.25) is 5.02 Å². The maximum absolute atomic E-state index is 10.6. The van der Waals surface area contributed by atoms with Gasteiger partial charge in [-0.25, -0.2) is 9.67 Å². The molecule has 1 saturated carbocycles. The topological polar surface area (TPSA) is 50.9 Å². The van der Waals surface area contributed by atoms with Gasteiger partial charge in [-0.05, 0) is 42.0 Å². The van der Waals surface area contributed by atoms with Crippen molar-refractivity contribution in [3.8, 4) is 0 Å². The molecule has 0 amide bonds. The second-order valence-electron chi connectivity index (χ2n) is 5.52. The number of benzene rings is 1. The summed E-state index contributed by atoms with van der Waals surface area (Å²) < 4.78 is 1.63. The van der Waals surface area contributed by atoms with Gasteiger partial charge >= 0.3 is 0 Å². The molecule has 5 heteroatoms. The van der Waals surface area contributed by atoms with Crippen molar-refractivity contribution >= 4 is 23.4 Å². The predicted molar refractivity (Wildman–Crippen MR) is 79.0 cm³/mol. The van der Waals surface area contributed by atoms with Crippen molar-refractivity contribution in [2.75, 3.05) is 0 Å². The van der Waals surface area contributed by atoms with Gasteiger partial charge in [-0.2, -0.15) is 5.10 Å². The Labute approximate surface area is 122 Å². The molecule has 1 aliphatic carbocycles. The van der Waals surface area contributed by atoms with Crippen LogP contribution in [-0.4, -0.2) is 26.0 Å². The SMILES string of the molecule is CC1(C(O)C(=Cc2ccc(Cl)cc2)n2cncn2)CC1. The van der Waals surface area contributed by atoms with Gasteiger partial charge in [0, 0.05) is 5.02 Å². The quantitative estimate of drug-likeness (QED) is 0.941. The summed E-state index contributed by atoms with van der Waals surface area (Å²) in [4.78, 5) is 3.96. The van der Waals surface area contributed by atoms with Gasteiger partial charge in [0.15, 0.2) is 0 Å². The molecule has 3 rings (SSSR count). The van der Waals surface area contributed by atoms with E-state index in [0.717, 1.165) is 24.1 Å². The summed E-state index contributed by atoms with van der Waals surface area (Å²) in [5.74, 6) is 0. The fourth-order valence-electron chi connectivity index (χ4n) is 2.17. The third-order valence-electron chi connectivity index (χ3n) is 3.85. The molecule has 2 aromatic rings. The van der Waals surface area contributed by atoms with Crippen molar-refractivity contribution in [1.29, 1.82) is 0 Å². The summed E-state index contributed by atoms with van der Waals surface area (Å²) in [5.41, 5.74) is 1.66. The number of aliphatic hydroxyl groups is 1.